The Hall–Kier alpha value is -3.27. The van der Waals surface area contributed by atoms with Crippen molar-refractivity contribution in [2.45, 2.75) is 51.3 Å². The molecular weight excluding hydrogens is 488 g/mol. The number of benzene rings is 2. The lowest BCUT2D eigenvalue weighted by Gasteiger charge is -2.24. The number of rotatable bonds is 7. The molecule has 194 valence electrons. The van der Waals surface area contributed by atoms with Gasteiger partial charge < -0.3 is 24.6 Å². The van der Waals surface area contributed by atoms with Crippen molar-refractivity contribution in [1.82, 2.24) is 15.3 Å². The number of hydrogen-bond acceptors (Lipinski definition) is 7. The van der Waals surface area contributed by atoms with Gasteiger partial charge in [0.2, 0.25) is 5.91 Å². The number of aryl methyl sites for hydroxylation is 1. The van der Waals surface area contributed by atoms with Crippen molar-refractivity contribution in [3.8, 4) is 5.75 Å². The number of nitrogens with one attached hydrogen (secondary N) is 3. The minimum Gasteiger partial charge on any atom is -0.497 e. The zero-order chi connectivity index (χ0) is 25.8. The van der Waals surface area contributed by atoms with E-state index in [1.807, 2.05) is 49.4 Å². The minimum atomic E-state index is -0.554. The Morgan fingerprint density at radius 1 is 1.22 bits per heavy atom. The highest BCUT2D eigenvalue weighted by Gasteiger charge is 2.26. The molecule has 5 rings (SSSR count). The number of nitrogens with zero attached hydrogens (tertiary/aromatic N) is 1. The Kier molecular flexibility index (Phi) is 7.83. The van der Waals surface area contributed by atoms with Gasteiger partial charge in [-0.15, -0.1) is 0 Å². The first-order valence-electron chi connectivity index (χ1n) is 12.7. The van der Waals surface area contributed by atoms with Crippen molar-refractivity contribution in [3.05, 3.63) is 53.7 Å². The molecule has 37 heavy (non-hydrogen) atoms. The molecule has 0 bridgehead atoms. The molecule has 3 heterocycles. The number of carbonyl (C=O) groups excluding carboxylic acids is 2. The fourth-order valence-corrected chi connectivity index (χ4v) is 5.88. The number of carbonyl (C=O) groups is 2. The lowest BCUT2D eigenvalue weighted by Crippen LogP contribution is -2.38. The van der Waals surface area contributed by atoms with Crippen LogP contribution in [0.15, 0.2) is 42.5 Å². The van der Waals surface area contributed by atoms with Crippen molar-refractivity contribution < 1.29 is 19.1 Å². The van der Waals surface area contributed by atoms with E-state index in [0.29, 0.717) is 5.13 Å². The maximum atomic E-state index is 13.1. The van der Waals surface area contributed by atoms with Gasteiger partial charge in [-0.1, -0.05) is 36.3 Å². The summed E-state index contributed by atoms with van der Waals surface area (Å²) in [5, 5.41) is 7.95. The summed E-state index contributed by atoms with van der Waals surface area (Å²) in [7, 11) is 1.63. The number of H-pyrrole nitrogens is 1. The molecule has 0 radical (unpaired) electrons. The number of amides is 1. The standard InChI is InChI=1S/C28H32N4O4S/c1-17-26(20-14-19(35-2)12-13-21(20)29-17)23(15-33)30-25-11-5-3-4-8-18(16-36-25)27(34)32-28-31-22-9-6-7-10-24(22)37-28/h6-7,9-10,12-15,18,23,25,29-30H,3-5,8,11,16H2,1-2H3,(H,31,32,34)/t18?,23?,25-/m0/s1. The lowest BCUT2D eigenvalue weighted by atomic mass is 10.0. The van der Waals surface area contributed by atoms with E-state index in [9.17, 15) is 9.59 Å². The molecule has 4 aromatic rings. The number of methoxy groups -OCH3 is 1. The van der Waals surface area contributed by atoms with E-state index in [0.717, 1.165) is 76.5 Å². The monoisotopic (exact) mass is 520 g/mol. The molecule has 1 amide bonds. The number of hydrogen-bond donors (Lipinski definition) is 3. The van der Waals surface area contributed by atoms with Crippen LogP contribution in [0.4, 0.5) is 5.13 Å². The summed E-state index contributed by atoms with van der Waals surface area (Å²) in [6.45, 7) is 2.24. The summed E-state index contributed by atoms with van der Waals surface area (Å²) < 4.78 is 12.7. The number of thiazole rings is 1. The third kappa shape index (κ3) is 5.69. The highest BCUT2D eigenvalue weighted by Crippen LogP contribution is 2.31. The van der Waals surface area contributed by atoms with Gasteiger partial charge in [0.05, 0.1) is 35.9 Å². The Morgan fingerprint density at radius 2 is 2.05 bits per heavy atom. The van der Waals surface area contributed by atoms with E-state index < -0.39 is 6.04 Å². The van der Waals surface area contributed by atoms with Gasteiger partial charge in [0.25, 0.3) is 0 Å². The third-order valence-electron chi connectivity index (χ3n) is 6.97. The van der Waals surface area contributed by atoms with Crippen LogP contribution in [-0.2, 0) is 14.3 Å². The summed E-state index contributed by atoms with van der Waals surface area (Å²) in [5.41, 5.74) is 3.63. The van der Waals surface area contributed by atoms with Crippen LogP contribution in [0.3, 0.4) is 0 Å². The molecule has 0 saturated carbocycles. The normalized spacial score (nSPS) is 19.6. The van der Waals surface area contributed by atoms with Gasteiger partial charge in [0.15, 0.2) is 5.13 Å². The summed E-state index contributed by atoms with van der Waals surface area (Å²) in [4.78, 5) is 33.3. The van der Waals surface area contributed by atoms with Gasteiger partial charge in [-0.05, 0) is 56.5 Å². The second kappa shape index (κ2) is 11.4. The number of aromatic amines is 1. The second-order valence-corrected chi connectivity index (χ2v) is 10.5. The van der Waals surface area contributed by atoms with Crippen molar-refractivity contribution in [2.75, 3.05) is 19.0 Å². The summed E-state index contributed by atoms with van der Waals surface area (Å²) >= 11 is 1.47. The summed E-state index contributed by atoms with van der Waals surface area (Å²) in [6, 6.07) is 13.1. The first-order valence-corrected chi connectivity index (χ1v) is 13.5. The number of aromatic nitrogens is 2. The smallest absolute Gasteiger partial charge is 0.231 e. The lowest BCUT2D eigenvalue weighted by molar-refractivity contribution is -0.124. The van der Waals surface area contributed by atoms with Crippen LogP contribution in [0, 0.1) is 12.8 Å². The first kappa shape index (κ1) is 25.4. The number of aldehydes is 1. The molecule has 0 aliphatic carbocycles. The molecule has 2 aromatic heterocycles. The van der Waals surface area contributed by atoms with Crippen LogP contribution in [-0.4, -0.2) is 42.1 Å². The number of anilines is 1. The zero-order valence-electron chi connectivity index (χ0n) is 21.1. The van der Waals surface area contributed by atoms with Crippen LogP contribution in [0.5, 0.6) is 5.75 Å². The molecule has 1 saturated heterocycles. The van der Waals surface area contributed by atoms with E-state index in [-0.39, 0.29) is 24.7 Å². The maximum Gasteiger partial charge on any atom is 0.231 e. The molecule has 0 spiro atoms. The topological polar surface area (TPSA) is 105 Å². The van der Waals surface area contributed by atoms with Crippen LogP contribution in [0.2, 0.25) is 0 Å². The van der Waals surface area contributed by atoms with Gasteiger partial charge in [-0.3, -0.25) is 10.1 Å². The molecule has 3 atom stereocenters. The van der Waals surface area contributed by atoms with Crippen LogP contribution in [0.25, 0.3) is 21.1 Å². The predicted octanol–water partition coefficient (Wildman–Crippen LogP) is 5.49. The van der Waals surface area contributed by atoms with Crippen molar-refractivity contribution in [3.63, 3.8) is 0 Å². The van der Waals surface area contributed by atoms with Gasteiger partial charge in [-0.25, -0.2) is 4.98 Å². The molecule has 1 fully saturated rings. The SMILES string of the molecule is COc1ccc2[nH]c(C)c(C(C=O)N[C@@H]3CCCCCC(C(=O)Nc4nc5ccccc5s4)CO3)c2c1. The average molecular weight is 521 g/mol. The maximum absolute atomic E-state index is 13.1. The van der Waals surface area contributed by atoms with E-state index >= 15 is 0 Å². The van der Waals surface area contributed by atoms with E-state index in [4.69, 9.17) is 9.47 Å². The van der Waals surface area contributed by atoms with E-state index in [1.165, 1.54) is 11.3 Å². The van der Waals surface area contributed by atoms with Crippen LogP contribution >= 0.6 is 11.3 Å². The fourth-order valence-electron chi connectivity index (χ4n) is 5.01. The van der Waals surface area contributed by atoms with E-state index in [2.05, 4.69) is 20.6 Å². The molecular formula is C28H32N4O4S. The van der Waals surface area contributed by atoms with Crippen LogP contribution < -0.4 is 15.4 Å². The predicted molar refractivity (Wildman–Crippen MR) is 146 cm³/mol. The van der Waals surface area contributed by atoms with Crippen molar-refractivity contribution in [1.29, 1.82) is 0 Å². The Balaban J connectivity index is 1.28. The van der Waals surface area contributed by atoms with Gasteiger partial charge in [0.1, 0.15) is 18.3 Å². The summed E-state index contributed by atoms with van der Waals surface area (Å²) in [5.74, 6) is 0.368. The third-order valence-corrected chi connectivity index (χ3v) is 7.92. The molecule has 9 heteroatoms. The average Bonchev–Trinajstić information content (AvgIpc) is 3.49. The largest absolute Gasteiger partial charge is 0.497 e. The molecule has 3 N–H and O–H groups in total. The highest BCUT2D eigenvalue weighted by atomic mass is 32.1. The Labute approximate surface area is 219 Å². The minimum absolute atomic E-state index is 0.0776. The van der Waals surface area contributed by atoms with Crippen molar-refractivity contribution in [2.24, 2.45) is 5.92 Å². The first-order chi connectivity index (χ1) is 18.1. The van der Waals surface area contributed by atoms with Crippen molar-refractivity contribution >= 4 is 49.8 Å². The highest BCUT2D eigenvalue weighted by molar-refractivity contribution is 7.22. The number of ether oxygens (including phenoxy) is 2. The molecule has 8 nitrogen and oxygen atoms in total. The molecule has 1 aliphatic rings. The fraction of sp³-hybridized carbons (Fsp3) is 0.393. The zero-order valence-corrected chi connectivity index (χ0v) is 21.9. The second-order valence-electron chi connectivity index (χ2n) is 9.49. The number of para-hydroxylation sites is 1. The van der Waals surface area contributed by atoms with Gasteiger partial charge in [0, 0.05) is 22.2 Å². The number of fused-ring (bicyclic) bond motifs is 2. The quantitative estimate of drug-likeness (QED) is 0.279. The Bertz CT molecular complexity index is 1360. The Morgan fingerprint density at radius 3 is 2.86 bits per heavy atom. The van der Waals surface area contributed by atoms with Crippen LogP contribution in [0.1, 0.15) is 49.4 Å². The van der Waals surface area contributed by atoms with Gasteiger partial charge >= 0.3 is 0 Å². The van der Waals surface area contributed by atoms with E-state index in [1.54, 1.807) is 7.11 Å². The molecule has 2 aromatic carbocycles. The molecule has 2 unspecified atom stereocenters. The molecule has 1 aliphatic heterocycles. The summed E-state index contributed by atoms with van der Waals surface area (Å²) in [6.07, 6.45) is 5.00. The van der Waals surface area contributed by atoms with Gasteiger partial charge in [-0.2, -0.15) is 0 Å².